The highest BCUT2D eigenvalue weighted by molar-refractivity contribution is 9.10. The zero-order valence-corrected chi connectivity index (χ0v) is 13.1. The van der Waals surface area contributed by atoms with E-state index < -0.39 is 10.0 Å². The number of nitrogen functional groups attached to an aromatic ring is 1. The van der Waals surface area contributed by atoms with Gasteiger partial charge in [-0.25, -0.2) is 12.7 Å². The van der Waals surface area contributed by atoms with Gasteiger partial charge in [-0.1, -0.05) is 35.7 Å². The molecule has 0 saturated carbocycles. The predicted octanol–water partition coefficient (Wildman–Crippen LogP) is 2.84. The molecule has 0 atom stereocenters. The normalized spacial score (nSPS) is 12.0. The molecule has 0 fully saturated rings. The fraction of sp³-hybridized carbons (Fsp3) is 0.500. The van der Waals surface area contributed by atoms with E-state index in [1.54, 1.807) is 25.2 Å². The van der Waals surface area contributed by atoms with E-state index in [-0.39, 0.29) is 10.6 Å². The first-order valence-corrected chi connectivity index (χ1v) is 8.14. The van der Waals surface area contributed by atoms with E-state index in [2.05, 4.69) is 22.9 Å². The molecule has 0 aromatic heterocycles. The number of unbranched alkanes of at least 4 members (excludes halogenated alkanes) is 2. The van der Waals surface area contributed by atoms with Crippen molar-refractivity contribution in [3.63, 3.8) is 0 Å². The summed E-state index contributed by atoms with van der Waals surface area (Å²) in [5.41, 5.74) is 6.02. The summed E-state index contributed by atoms with van der Waals surface area (Å²) in [7, 11) is -1.91. The minimum atomic E-state index is -3.49. The quantitative estimate of drug-likeness (QED) is 0.642. The molecule has 0 aliphatic heterocycles. The Kier molecular flexibility index (Phi) is 5.62. The maximum absolute atomic E-state index is 12.3. The molecule has 0 aliphatic carbocycles. The van der Waals surface area contributed by atoms with E-state index in [1.807, 2.05) is 0 Å². The van der Waals surface area contributed by atoms with E-state index in [9.17, 15) is 8.42 Å². The molecule has 2 N–H and O–H groups in total. The second kappa shape index (κ2) is 6.54. The monoisotopic (exact) mass is 334 g/mol. The number of halogens is 1. The lowest BCUT2D eigenvalue weighted by atomic mass is 10.2. The second-order valence-corrected chi connectivity index (χ2v) is 7.14. The minimum absolute atomic E-state index is 0.163. The summed E-state index contributed by atoms with van der Waals surface area (Å²) >= 11 is 3.26. The molecule has 18 heavy (non-hydrogen) atoms. The Balaban J connectivity index is 2.95. The molecule has 1 aromatic carbocycles. The van der Waals surface area contributed by atoms with Crippen LogP contribution in [0.2, 0.25) is 0 Å². The van der Waals surface area contributed by atoms with Gasteiger partial charge < -0.3 is 5.73 Å². The van der Waals surface area contributed by atoms with Crippen molar-refractivity contribution >= 4 is 31.6 Å². The van der Waals surface area contributed by atoms with Crippen molar-refractivity contribution in [2.24, 2.45) is 0 Å². The van der Waals surface area contributed by atoms with Crippen LogP contribution in [0.15, 0.2) is 27.6 Å². The first-order valence-electron chi connectivity index (χ1n) is 5.91. The Bertz CT molecular complexity index is 503. The molecule has 6 heteroatoms. The number of sulfonamides is 1. The Morgan fingerprint density at radius 2 is 2.00 bits per heavy atom. The lowest BCUT2D eigenvalue weighted by molar-refractivity contribution is 0.454. The third kappa shape index (κ3) is 3.70. The van der Waals surface area contributed by atoms with Crippen molar-refractivity contribution in [1.82, 2.24) is 4.31 Å². The number of rotatable bonds is 6. The summed E-state index contributed by atoms with van der Waals surface area (Å²) in [4.78, 5) is 0.163. The van der Waals surface area contributed by atoms with Gasteiger partial charge in [0.25, 0.3) is 0 Å². The van der Waals surface area contributed by atoms with Gasteiger partial charge in [0.1, 0.15) is 4.90 Å². The van der Waals surface area contributed by atoms with Crippen LogP contribution in [0.1, 0.15) is 26.2 Å². The summed E-state index contributed by atoms with van der Waals surface area (Å²) in [5, 5.41) is 0. The summed E-state index contributed by atoms with van der Waals surface area (Å²) in [5.74, 6) is 0. The molecule has 0 saturated heterocycles. The summed E-state index contributed by atoms with van der Waals surface area (Å²) in [6, 6.07) is 4.86. The van der Waals surface area contributed by atoms with Gasteiger partial charge in [-0.15, -0.1) is 0 Å². The van der Waals surface area contributed by atoms with Crippen LogP contribution in [-0.2, 0) is 10.0 Å². The van der Waals surface area contributed by atoms with Gasteiger partial charge in [-0.2, -0.15) is 0 Å². The van der Waals surface area contributed by atoms with Gasteiger partial charge in [0.15, 0.2) is 0 Å². The van der Waals surface area contributed by atoms with Crippen LogP contribution in [0, 0.1) is 0 Å². The number of nitrogens with zero attached hydrogens (tertiary/aromatic N) is 1. The second-order valence-electron chi connectivity index (χ2n) is 4.22. The molecule has 0 amide bonds. The van der Waals surface area contributed by atoms with Gasteiger partial charge >= 0.3 is 0 Å². The molecular weight excluding hydrogens is 316 g/mol. The zero-order valence-electron chi connectivity index (χ0n) is 10.7. The number of anilines is 1. The highest BCUT2D eigenvalue weighted by Gasteiger charge is 2.22. The predicted molar refractivity (Wildman–Crippen MR) is 77.9 cm³/mol. The van der Waals surface area contributed by atoms with Crippen molar-refractivity contribution in [2.45, 2.75) is 31.1 Å². The van der Waals surface area contributed by atoms with Crippen LogP contribution in [0.3, 0.4) is 0 Å². The first kappa shape index (κ1) is 15.5. The number of nitrogens with two attached hydrogens (primary N) is 1. The highest BCUT2D eigenvalue weighted by Crippen LogP contribution is 2.25. The fourth-order valence-electron chi connectivity index (χ4n) is 1.60. The lowest BCUT2D eigenvalue weighted by Gasteiger charge is -2.18. The van der Waals surface area contributed by atoms with E-state index in [0.29, 0.717) is 11.0 Å². The summed E-state index contributed by atoms with van der Waals surface area (Å²) in [6.07, 6.45) is 2.95. The lowest BCUT2D eigenvalue weighted by Crippen LogP contribution is -2.28. The number of hydrogen-bond donors (Lipinski definition) is 1. The Morgan fingerprint density at radius 3 is 2.61 bits per heavy atom. The van der Waals surface area contributed by atoms with Gasteiger partial charge in [-0.05, 0) is 24.6 Å². The Hall–Kier alpha value is -0.590. The third-order valence-corrected chi connectivity index (χ3v) is 5.15. The van der Waals surface area contributed by atoms with E-state index in [4.69, 9.17) is 5.73 Å². The van der Waals surface area contributed by atoms with Gasteiger partial charge in [0, 0.05) is 18.1 Å². The first-order chi connectivity index (χ1) is 8.39. The largest absolute Gasteiger partial charge is 0.398 e. The van der Waals surface area contributed by atoms with E-state index >= 15 is 0 Å². The molecule has 0 bridgehead atoms. The van der Waals surface area contributed by atoms with Crippen molar-refractivity contribution in [1.29, 1.82) is 0 Å². The zero-order chi connectivity index (χ0) is 13.8. The molecule has 0 spiro atoms. The molecule has 102 valence electrons. The van der Waals surface area contributed by atoms with Crippen LogP contribution in [0.4, 0.5) is 5.69 Å². The Morgan fingerprint density at radius 1 is 1.33 bits per heavy atom. The van der Waals surface area contributed by atoms with E-state index in [0.717, 1.165) is 19.3 Å². The minimum Gasteiger partial charge on any atom is -0.398 e. The summed E-state index contributed by atoms with van der Waals surface area (Å²) < 4.78 is 26.7. The van der Waals surface area contributed by atoms with Gasteiger partial charge in [-0.3, -0.25) is 0 Å². The van der Waals surface area contributed by atoms with Crippen LogP contribution < -0.4 is 5.73 Å². The fourth-order valence-corrected chi connectivity index (χ4v) is 3.46. The molecule has 4 nitrogen and oxygen atoms in total. The average Bonchev–Trinajstić information content (AvgIpc) is 2.32. The SMILES string of the molecule is CCCCCN(C)S(=O)(=O)c1cc(Br)ccc1N. The van der Waals surface area contributed by atoms with Crippen molar-refractivity contribution in [3.05, 3.63) is 22.7 Å². The standard InChI is InChI=1S/C12H19BrN2O2S/c1-3-4-5-8-15(2)18(16,17)12-9-10(13)6-7-11(12)14/h6-7,9H,3-5,8,14H2,1-2H3. The van der Waals surface area contributed by atoms with Crippen LogP contribution in [-0.4, -0.2) is 26.3 Å². The topological polar surface area (TPSA) is 63.4 Å². The number of benzene rings is 1. The molecule has 1 rings (SSSR count). The average molecular weight is 335 g/mol. The Labute approximate surface area is 117 Å². The summed E-state index contributed by atoms with van der Waals surface area (Å²) in [6.45, 7) is 2.60. The van der Waals surface area contributed by atoms with Crippen molar-refractivity contribution in [3.8, 4) is 0 Å². The molecular formula is C12H19BrN2O2S. The number of hydrogen-bond acceptors (Lipinski definition) is 3. The molecule has 0 heterocycles. The van der Waals surface area contributed by atoms with Crippen LogP contribution in [0.5, 0.6) is 0 Å². The van der Waals surface area contributed by atoms with Gasteiger partial charge in [0.05, 0.1) is 5.69 Å². The maximum Gasteiger partial charge on any atom is 0.244 e. The van der Waals surface area contributed by atoms with Crippen molar-refractivity contribution in [2.75, 3.05) is 19.3 Å². The van der Waals surface area contributed by atoms with Crippen LogP contribution in [0.25, 0.3) is 0 Å². The smallest absolute Gasteiger partial charge is 0.244 e. The van der Waals surface area contributed by atoms with Crippen LogP contribution >= 0.6 is 15.9 Å². The van der Waals surface area contributed by atoms with Crippen molar-refractivity contribution < 1.29 is 8.42 Å². The van der Waals surface area contributed by atoms with E-state index in [1.165, 1.54) is 4.31 Å². The maximum atomic E-state index is 12.3. The molecule has 0 unspecified atom stereocenters. The molecule has 1 aromatic rings. The highest BCUT2D eigenvalue weighted by atomic mass is 79.9. The third-order valence-electron chi connectivity index (χ3n) is 2.74. The molecule has 0 radical (unpaired) electrons. The van der Waals surface area contributed by atoms with Gasteiger partial charge in [0.2, 0.25) is 10.0 Å². The molecule has 0 aliphatic rings.